The summed E-state index contributed by atoms with van der Waals surface area (Å²) in [6.45, 7) is 9.72. The Balaban J connectivity index is 2.94. The fraction of sp³-hybridized carbons (Fsp3) is 0.500. The third-order valence-electron chi connectivity index (χ3n) is 4.18. The first-order valence-corrected chi connectivity index (χ1v) is 9.15. The van der Waals surface area contributed by atoms with Gasteiger partial charge in [0.2, 0.25) is 0 Å². The van der Waals surface area contributed by atoms with Gasteiger partial charge in [-0.2, -0.15) is 0 Å². The quantitative estimate of drug-likeness (QED) is 0.289. The van der Waals surface area contributed by atoms with Gasteiger partial charge in [-0.1, -0.05) is 19.7 Å². The van der Waals surface area contributed by atoms with Gasteiger partial charge < -0.3 is 23.8 Å². The lowest BCUT2D eigenvalue weighted by atomic mass is 9.92. The highest BCUT2D eigenvalue weighted by atomic mass is 16.6. The molecule has 0 bridgehead atoms. The van der Waals surface area contributed by atoms with Crippen LogP contribution in [0.15, 0.2) is 38.0 Å². The molecule has 0 aromatic rings. The van der Waals surface area contributed by atoms with E-state index in [1.54, 1.807) is 4.90 Å². The highest BCUT2D eigenvalue weighted by molar-refractivity contribution is 5.82. The fourth-order valence-corrected chi connectivity index (χ4v) is 2.48. The number of piperidine rings is 1. The molecule has 9 nitrogen and oxygen atoms in total. The Morgan fingerprint density at radius 1 is 0.690 bits per heavy atom. The molecule has 0 unspecified atom stereocenters. The summed E-state index contributed by atoms with van der Waals surface area (Å²) in [5, 5.41) is 0. The first-order valence-electron chi connectivity index (χ1n) is 9.15. The maximum Gasteiger partial charge on any atom is 0.409 e. The van der Waals surface area contributed by atoms with Gasteiger partial charge in [-0.15, -0.1) is 0 Å². The van der Waals surface area contributed by atoms with Gasteiger partial charge in [-0.25, -0.2) is 19.2 Å². The molecule has 0 N–H and O–H groups in total. The molecule has 1 amide bonds. The topological polar surface area (TPSA) is 108 Å². The van der Waals surface area contributed by atoms with Crippen LogP contribution in [0.1, 0.15) is 19.3 Å². The van der Waals surface area contributed by atoms with Gasteiger partial charge in [-0.3, -0.25) is 0 Å². The number of nitrogens with zero attached hydrogens (tertiary/aromatic N) is 1. The van der Waals surface area contributed by atoms with Gasteiger partial charge in [0.05, 0.1) is 0 Å². The second-order valence-corrected chi connectivity index (χ2v) is 6.54. The molecule has 29 heavy (non-hydrogen) atoms. The van der Waals surface area contributed by atoms with E-state index in [1.807, 2.05) is 0 Å². The fourth-order valence-electron chi connectivity index (χ4n) is 2.48. The molecule has 0 aromatic carbocycles. The lowest BCUT2D eigenvalue weighted by Crippen LogP contribution is -2.45. The van der Waals surface area contributed by atoms with E-state index in [-0.39, 0.29) is 26.4 Å². The van der Waals surface area contributed by atoms with Crippen molar-refractivity contribution in [2.75, 3.05) is 39.5 Å². The first-order chi connectivity index (χ1) is 13.9. The highest BCUT2D eigenvalue weighted by Gasteiger charge is 2.38. The van der Waals surface area contributed by atoms with E-state index in [1.165, 1.54) is 0 Å². The number of esters is 3. The molecule has 9 heteroatoms. The molecular weight excluding hydrogens is 382 g/mol. The predicted molar refractivity (Wildman–Crippen MR) is 103 cm³/mol. The summed E-state index contributed by atoms with van der Waals surface area (Å²) in [6.07, 6.45) is 5.12. The normalized spacial score (nSPS) is 13.6. The van der Waals surface area contributed by atoms with Crippen LogP contribution < -0.4 is 0 Å². The van der Waals surface area contributed by atoms with Crippen LogP contribution in [0.25, 0.3) is 0 Å². The van der Waals surface area contributed by atoms with Crippen LogP contribution in [0.3, 0.4) is 0 Å². The van der Waals surface area contributed by atoms with Gasteiger partial charge in [0.25, 0.3) is 0 Å². The molecule has 1 fully saturated rings. The zero-order valence-electron chi connectivity index (χ0n) is 16.4. The average molecular weight is 409 g/mol. The Bertz CT molecular complexity index is 577. The lowest BCUT2D eigenvalue weighted by Gasteiger charge is -2.33. The third-order valence-corrected chi connectivity index (χ3v) is 4.18. The van der Waals surface area contributed by atoms with Crippen molar-refractivity contribution in [1.82, 2.24) is 4.90 Å². The number of ether oxygens (including phenoxy) is 4. The number of hydrogen-bond acceptors (Lipinski definition) is 8. The van der Waals surface area contributed by atoms with Crippen molar-refractivity contribution < 1.29 is 38.1 Å². The molecule has 1 rings (SSSR count). The minimum atomic E-state index is -1.32. The van der Waals surface area contributed by atoms with Crippen LogP contribution in [0.2, 0.25) is 0 Å². The van der Waals surface area contributed by atoms with Gasteiger partial charge in [0.1, 0.15) is 31.8 Å². The largest absolute Gasteiger partial charge is 0.462 e. The van der Waals surface area contributed by atoms with E-state index in [0.29, 0.717) is 13.1 Å². The van der Waals surface area contributed by atoms with Crippen molar-refractivity contribution >= 4 is 24.0 Å². The lowest BCUT2D eigenvalue weighted by molar-refractivity contribution is -0.159. The molecule has 160 valence electrons. The number of carbonyl (C=O) groups is 4. The average Bonchev–Trinajstić information content (AvgIpc) is 2.77. The van der Waals surface area contributed by atoms with Crippen LogP contribution in [-0.2, 0) is 33.3 Å². The molecule has 0 aliphatic carbocycles. The molecule has 1 saturated heterocycles. The Morgan fingerprint density at radius 3 is 1.45 bits per heavy atom. The zero-order valence-corrected chi connectivity index (χ0v) is 16.4. The van der Waals surface area contributed by atoms with E-state index in [9.17, 15) is 19.2 Å². The second kappa shape index (κ2) is 12.4. The third kappa shape index (κ3) is 8.63. The smallest absolute Gasteiger partial charge is 0.409 e. The molecule has 0 aromatic heterocycles. The molecule has 0 atom stereocenters. The number of carbonyl (C=O) groups excluding carboxylic acids is 4. The second-order valence-electron chi connectivity index (χ2n) is 6.54. The van der Waals surface area contributed by atoms with Crippen LogP contribution in [-0.4, -0.2) is 68.4 Å². The Labute approximate surface area is 169 Å². The highest BCUT2D eigenvalue weighted by Crippen LogP contribution is 2.22. The number of rotatable bonds is 11. The van der Waals surface area contributed by atoms with Crippen molar-refractivity contribution in [3.63, 3.8) is 0 Å². The molecule has 0 radical (unpaired) electrons. The summed E-state index contributed by atoms with van der Waals surface area (Å²) in [5.41, 5.74) is -1.32. The van der Waals surface area contributed by atoms with Crippen LogP contribution >= 0.6 is 0 Å². The van der Waals surface area contributed by atoms with Gasteiger partial charge in [0.15, 0.2) is 0 Å². The van der Waals surface area contributed by atoms with Crippen molar-refractivity contribution in [2.24, 2.45) is 5.41 Å². The van der Waals surface area contributed by atoms with Crippen molar-refractivity contribution in [3.05, 3.63) is 38.0 Å². The van der Waals surface area contributed by atoms with E-state index in [2.05, 4.69) is 19.7 Å². The molecule has 1 aliphatic rings. The van der Waals surface area contributed by atoms with E-state index in [0.717, 1.165) is 37.5 Å². The van der Waals surface area contributed by atoms with E-state index >= 15 is 0 Å². The SMILES string of the molecule is C=CC(=O)OCC(COC(=O)C=C)(COC(=O)C=C)COC(=O)N1CCCCC1. The zero-order chi connectivity index (χ0) is 21.7. The van der Waals surface area contributed by atoms with Crippen LogP contribution in [0.5, 0.6) is 0 Å². The van der Waals surface area contributed by atoms with E-state index < -0.39 is 29.4 Å². The summed E-state index contributed by atoms with van der Waals surface area (Å²) in [4.78, 5) is 48.5. The summed E-state index contributed by atoms with van der Waals surface area (Å²) >= 11 is 0. The Hall–Kier alpha value is -3.10. The molecule has 0 saturated carbocycles. The van der Waals surface area contributed by atoms with Crippen LogP contribution in [0.4, 0.5) is 4.79 Å². The number of likely N-dealkylation sites (tertiary alicyclic amines) is 1. The summed E-state index contributed by atoms with van der Waals surface area (Å²) in [7, 11) is 0. The molecule has 1 heterocycles. The van der Waals surface area contributed by atoms with Crippen molar-refractivity contribution in [3.8, 4) is 0 Å². The monoisotopic (exact) mass is 409 g/mol. The predicted octanol–water partition coefficient (Wildman–Crippen LogP) is 1.78. The molecule has 0 spiro atoms. The maximum atomic E-state index is 12.4. The van der Waals surface area contributed by atoms with E-state index in [4.69, 9.17) is 18.9 Å². The molecule has 1 aliphatic heterocycles. The Morgan fingerprint density at radius 2 is 1.07 bits per heavy atom. The number of hydrogen-bond donors (Lipinski definition) is 0. The summed E-state index contributed by atoms with van der Waals surface area (Å²) in [6, 6.07) is 0. The van der Waals surface area contributed by atoms with Crippen molar-refractivity contribution in [2.45, 2.75) is 19.3 Å². The van der Waals surface area contributed by atoms with Crippen molar-refractivity contribution in [1.29, 1.82) is 0 Å². The summed E-state index contributed by atoms with van der Waals surface area (Å²) < 4.78 is 20.6. The van der Waals surface area contributed by atoms with Gasteiger partial charge in [-0.05, 0) is 19.3 Å². The van der Waals surface area contributed by atoms with Gasteiger partial charge >= 0.3 is 24.0 Å². The number of amides is 1. The minimum Gasteiger partial charge on any atom is -0.462 e. The Kier molecular flexibility index (Phi) is 10.2. The summed E-state index contributed by atoms with van der Waals surface area (Å²) in [5.74, 6) is -2.20. The van der Waals surface area contributed by atoms with Gasteiger partial charge in [0, 0.05) is 31.3 Å². The van der Waals surface area contributed by atoms with Crippen LogP contribution in [0, 0.1) is 5.41 Å². The minimum absolute atomic E-state index is 0.318. The maximum absolute atomic E-state index is 12.4. The molecular formula is C20H27NO8. The first kappa shape index (κ1) is 23.9. The standard InChI is InChI=1S/C20H27NO8/c1-4-16(22)26-12-20(13-27-17(23)5-2,14-28-18(24)6-3)15-29-19(25)21-10-8-7-9-11-21/h4-6H,1-3,7-15H2.